The second-order valence-corrected chi connectivity index (χ2v) is 5.19. The van der Waals surface area contributed by atoms with Crippen LogP contribution in [0.5, 0.6) is 0 Å². The molecule has 0 saturated carbocycles. The standard InChI is InChI=1S/C13H16N2O2/c1-13(2,14)7-11(16)8-3-4-10-9(5-8)6-12(17)15-10/h3-5H,6-7,14H2,1-2H3,(H,15,17). The van der Waals surface area contributed by atoms with E-state index in [2.05, 4.69) is 5.32 Å². The van der Waals surface area contributed by atoms with Gasteiger partial charge in [-0.3, -0.25) is 9.59 Å². The van der Waals surface area contributed by atoms with E-state index in [0.717, 1.165) is 11.3 Å². The molecule has 4 heteroatoms. The van der Waals surface area contributed by atoms with Crippen LogP contribution in [0.2, 0.25) is 0 Å². The van der Waals surface area contributed by atoms with Gasteiger partial charge < -0.3 is 11.1 Å². The van der Waals surface area contributed by atoms with Crippen LogP contribution in [-0.2, 0) is 11.2 Å². The zero-order chi connectivity index (χ0) is 12.6. The molecule has 90 valence electrons. The number of Topliss-reactive ketones (excluding diaryl/α,β-unsaturated/α-hetero) is 1. The number of amides is 1. The Balaban J connectivity index is 2.22. The van der Waals surface area contributed by atoms with E-state index < -0.39 is 5.54 Å². The average Bonchev–Trinajstić information content (AvgIpc) is 2.53. The topological polar surface area (TPSA) is 72.2 Å². The van der Waals surface area contributed by atoms with Gasteiger partial charge in [0.05, 0.1) is 6.42 Å². The van der Waals surface area contributed by atoms with Gasteiger partial charge in [0.15, 0.2) is 5.78 Å². The number of nitrogens with one attached hydrogen (secondary N) is 1. The molecule has 4 nitrogen and oxygen atoms in total. The van der Waals surface area contributed by atoms with E-state index in [1.165, 1.54) is 0 Å². The molecule has 0 aliphatic carbocycles. The number of rotatable bonds is 3. The summed E-state index contributed by atoms with van der Waals surface area (Å²) in [7, 11) is 0. The summed E-state index contributed by atoms with van der Waals surface area (Å²) in [5, 5.41) is 2.74. The quantitative estimate of drug-likeness (QED) is 0.775. The summed E-state index contributed by atoms with van der Waals surface area (Å²) in [4.78, 5) is 23.2. The zero-order valence-corrected chi connectivity index (χ0v) is 10.0. The summed E-state index contributed by atoms with van der Waals surface area (Å²) in [5.74, 6) is -0.0107. The van der Waals surface area contributed by atoms with E-state index in [-0.39, 0.29) is 11.7 Å². The smallest absolute Gasteiger partial charge is 0.228 e. The molecule has 1 amide bonds. The van der Waals surface area contributed by atoms with Crippen molar-refractivity contribution in [3.8, 4) is 0 Å². The number of hydrogen-bond donors (Lipinski definition) is 2. The van der Waals surface area contributed by atoms with Crippen molar-refractivity contribution < 1.29 is 9.59 Å². The van der Waals surface area contributed by atoms with Crippen LogP contribution < -0.4 is 11.1 Å². The third-order valence-electron chi connectivity index (χ3n) is 2.67. The Labute approximate surface area is 100 Å². The highest BCUT2D eigenvalue weighted by molar-refractivity contribution is 6.02. The SMILES string of the molecule is CC(C)(N)CC(=O)c1ccc2c(c1)CC(=O)N2. The van der Waals surface area contributed by atoms with Crippen molar-refractivity contribution in [2.24, 2.45) is 5.73 Å². The first-order valence-corrected chi connectivity index (χ1v) is 5.60. The molecule has 0 fully saturated rings. The highest BCUT2D eigenvalue weighted by Gasteiger charge is 2.21. The molecule has 2 rings (SSSR count). The van der Waals surface area contributed by atoms with Crippen molar-refractivity contribution in [2.75, 3.05) is 5.32 Å². The van der Waals surface area contributed by atoms with Crippen molar-refractivity contribution in [3.05, 3.63) is 29.3 Å². The summed E-state index contributed by atoms with van der Waals surface area (Å²) < 4.78 is 0. The second kappa shape index (κ2) is 3.96. The highest BCUT2D eigenvalue weighted by atomic mass is 16.1. The van der Waals surface area contributed by atoms with Gasteiger partial charge in [0, 0.05) is 23.2 Å². The highest BCUT2D eigenvalue weighted by Crippen LogP contribution is 2.24. The van der Waals surface area contributed by atoms with E-state index >= 15 is 0 Å². The van der Waals surface area contributed by atoms with Crippen molar-refractivity contribution in [1.29, 1.82) is 0 Å². The Morgan fingerprint density at radius 2 is 2.18 bits per heavy atom. The maximum Gasteiger partial charge on any atom is 0.228 e. The first-order valence-electron chi connectivity index (χ1n) is 5.60. The predicted octanol–water partition coefficient (Wildman–Crippen LogP) is 1.49. The molecule has 1 aromatic carbocycles. The first kappa shape index (κ1) is 11.8. The Morgan fingerprint density at radius 1 is 1.47 bits per heavy atom. The summed E-state index contributed by atoms with van der Waals surface area (Å²) in [5.41, 5.74) is 7.62. The number of carbonyl (C=O) groups excluding carboxylic acids is 2. The fourth-order valence-corrected chi connectivity index (χ4v) is 1.92. The zero-order valence-electron chi connectivity index (χ0n) is 10.0. The molecule has 0 spiro atoms. The van der Waals surface area contributed by atoms with Gasteiger partial charge in [-0.15, -0.1) is 0 Å². The molecule has 0 aromatic heterocycles. The molecule has 0 saturated heterocycles. The van der Waals surface area contributed by atoms with Crippen LogP contribution in [-0.4, -0.2) is 17.2 Å². The Hall–Kier alpha value is -1.68. The molecular formula is C13H16N2O2. The second-order valence-electron chi connectivity index (χ2n) is 5.19. The summed E-state index contributed by atoms with van der Waals surface area (Å²) >= 11 is 0. The number of ketones is 1. The van der Waals surface area contributed by atoms with Crippen LogP contribution in [0.3, 0.4) is 0 Å². The molecule has 17 heavy (non-hydrogen) atoms. The fourth-order valence-electron chi connectivity index (χ4n) is 1.92. The summed E-state index contributed by atoms with van der Waals surface area (Å²) in [6.45, 7) is 3.65. The predicted molar refractivity (Wildman–Crippen MR) is 66.0 cm³/mol. The van der Waals surface area contributed by atoms with E-state index in [4.69, 9.17) is 5.73 Å². The Bertz CT molecular complexity index is 487. The number of fused-ring (bicyclic) bond motifs is 1. The first-order chi connectivity index (χ1) is 7.85. The Kier molecular flexibility index (Phi) is 2.75. The van der Waals surface area contributed by atoms with Gasteiger partial charge in [-0.25, -0.2) is 0 Å². The lowest BCUT2D eigenvalue weighted by Gasteiger charge is -2.17. The monoisotopic (exact) mass is 232 g/mol. The third-order valence-corrected chi connectivity index (χ3v) is 2.67. The Morgan fingerprint density at radius 3 is 2.82 bits per heavy atom. The lowest BCUT2D eigenvalue weighted by molar-refractivity contribution is -0.115. The molecule has 0 bridgehead atoms. The van der Waals surface area contributed by atoms with Gasteiger partial charge >= 0.3 is 0 Å². The van der Waals surface area contributed by atoms with E-state index in [1.54, 1.807) is 18.2 Å². The van der Waals surface area contributed by atoms with Gasteiger partial charge in [-0.2, -0.15) is 0 Å². The number of benzene rings is 1. The molecule has 1 aromatic rings. The molecule has 3 N–H and O–H groups in total. The number of anilines is 1. The van der Waals surface area contributed by atoms with E-state index in [1.807, 2.05) is 13.8 Å². The lowest BCUT2D eigenvalue weighted by Crippen LogP contribution is -2.34. The number of carbonyl (C=O) groups is 2. The van der Waals surface area contributed by atoms with Crippen LogP contribution in [0, 0.1) is 0 Å². The van der Waals surface area contributed by atoms with Crippen LogP contribution in [0.4, 0.5) is 5.69 Å². The normalized spacial score (nSPS) is 14.4. The maximum absolute atomic E-state index is 12.0. The van der Waals surface area contributed by atoms with Crippen molar-refractivity contribution in [2.45, 2.75) is 32.2 Å². The van der Waals surface area contributed by atoms with Gasteiger partial charge in [0.2, 0.25) is 5.91 Å². The van der Waals surface area contributed by atoms with Crippen LogP contribution in [0.1, 0.15) is 36.2 Å². The number of nitrogens with two attached hydrogens (primary N) is 1. The minimum absolute atomic E-state index is 0.0136. The molecule has 1 aliphatic rings. The van der Waals surface area contributed by atoms with Gasteiger partial charge in [-0.1, -0.05) is 0 Å². The molecule has 0 radical (unpaired) electrons. The van der Waals surface area contributed by atoms with Crippen molar-refractivity contribution in [1.82, 2.24) is 0 Å². The fraction of sp³-hybridized carbons (Fsp3) is 0.385. The van der Waals surface area contributed by atoms with E-state index in [0.29, 0.717) is 18.4 Å². The van der Waals surface area contributed by atoms with Gasteiger partial charge in [0.1, 0.15) is 0 Å². The van der Waals surface area contributed by atoms with Crippen molar-refractivity contribution in [3.63, 3.8) is 0 Å². The van der Waals surface area contributed by atoms with Crippen LogP contribution in [0.15, 0.2) is 18.2 Å². The summed E-state index contributed by atoms with van der Waals surface area (Å²) in [6.07, 6.45) is 0.648. The van der Waals surface area contributed by atoms with Gasteiger partial charge in [0.25, 0.3) is 0 Å². The van der Waals surface area contributed by atoms with Crippen LogP contribution in [0.25, 0.3) is 0 Å². The molecular weight excluding hydrogens is 216 g/mol. The van der Waals surface area contributed by atoms with Crippen LogP contribution >= 0.6 is 0 Å². The lowest BCUT2D eigenvalue weighted by atomic mass is 9.94. The van der Waals surface area contributed by atoms with Gasteiger partial charge in [-0.05, 0) is 37.6 Å². The average molecular weight is 232 g/mol. The largest absolute Gasteiger partial charge is 0.326 e. The molecule has 0 atom stereocenters. The minimum atomic E-state index is -0.510. The number of hydrogen-bond acceptors (Lipinski definition) is 3. The van der Waals surface area contributed by atoms with E-state index in [9.17, 15) is 9.59 Å². The van der Waals surface area contributed by atoms with Crippen molar-refractivity contribution >= 4 is 17.4 Å². The molecule has 0 unspecified atom stereocenters. The third kappa shape index (κ3) is 2.71. The minimum Gasteiger partial charge on any atom is -0.326 e. The molecule has 1 aliphatic heterocycles. The molecule has 1 heterocycles. The summed E-state index contributed by atoms with van der Waals surface area (Å²) in [6, 6.07) is 5.29. The maximum atomic E-state index is 12.0.